The Balaban J connectivity index is 1.49. The van der Waals surface area contributed by atoms with Crippen LogP contribution in [0.2, 0.25) is 0 Å². The number of alkyl halides is 3. The van der Waals surface area contributed by atoms with Gasteiger partial charge in [0, 0.05) is 5.92 Å². The van der Waals surface area contributed by atoms with E-state index in [2.05, 4.69) is 11.1 Å². The molecule has 1 N–H and O–H groups in total. The highest BCUT2D eigenvalue weighted by atomic mass is 32.1. The molecule has 1 fully saturated rings. The Morgan fingerprint density at radius 1 is 1.29 bits per heavy atom. The van der Waals surface area contributed by atoms with Crippen molar-refractivity contribution in [2.45, 2.75) is 24.9 Å². The Morgan fingerprint density at radius 2 is 2.00 bits per heavy atom. The third-order valence-electron chi connectivity index (χ3n) is 4.10. The van der Waals surface area contributed by atoms with Crippen LogP contribution in [0.3, 0.4) is 0 Å². The fraction of sp³-hybridized carbons (Fsp3) is 0.500. The molecule has 0 unspecified atom stereocenters. The molecule has 3 rings (SSSR count). The van der Waals surface area contributed by atoms with Crippen LogP contribution in [-0.2, 0) is 4.79 Å². The van der Waals surface area contributed by atoms with Crippen LogP contribution in [-0.4, -0.2) is 48.1 Å². The highest BCUT2D eigenvalue weighted by Crippen LogP contribution is 2.33. The number of halogens is 3. The van der Waals surface area contributed by atoms with Gasteiger partial charge < -0.3 is 5.32 Å². The van der Waals surface area contributed by atoms with E-state index >= 15 is 0 Å². The summed E-state index contributed by atoms with van der Waals surface area (Å²) in [6.45, 7) is 0.136. The highest BCUT2D eigenvalue weighted by Gasteiger charge is 2.29. The molecule has 1 amide bonds. The van der Waals surface area contributed by atoms with Crippen molar-refractivity contribution in [3.63, 3.8) is 0 Å². The number of para-hydroxylation sites is 1. The molecule has 4 nitrogen and oxygen atoms in total. The zero-order chi connectivity index (χ0) is 17.2. The topological polar surface area (TPSA) is 45.2 Å². The van der Waals surface area contributed by atoms with Crippen LogP contribution in [0.4, 0.5) is 13.2 Å². The Bertz CT molecular complexity index is 675. The van der Waals surface area contributed by atoms with Gasteiger partial charge in [-0.3, -0.25) is 9.69 Å². The average molecular weight is 357 g/mol. The molecule has 1 aliphatic heterocycles. The molecule has 24 heavy (non-hydrogen) atoms. The smallest absolute Gasteiger partial charge is 0.346 e. The number of piperidine rings is 1. The third kappa shape index (κ3) is 4.45. The molecule has 1 aromatic carbocycles. The molecule has 0 bridgehead atoms. The number of rotatable bonds is 4. The summed E-state index contributed by atoms with van der Waals surface area (Å²) in [5.41, 5.74) is 1.01. The zero-order valence-electron chi connectivity index (χ0n) is 13.0. The van der Waals surface area contributed by atoms with E-state index in [-0.39, 0.29) is 6.54 Å². The zero-order valence-corrected chi connectivity index (χ0v) is 13.8. The van der Waals surface area contributed by atoms with Crippen molar-refractivity contribution >= 4 is 27.5 Å². The van der Waals surface area contributed by atoms with Gasteiger partial charge in [0.25, 0.3) is 0 Å². The van der Waals surface area contributed by atoms with Gasteiger partial charge in [-0.1, -0.05) is 12.1 Å². The lowest BCUT2D eigenvalue weighted by Gasteiger charge is -2.30. The van der Waals surface area contributed by atoms with Crippen molar-refractivity contribution in [3.05, 3.63) is 29.3 Å². The molecule has 1 aliphatic rings. The van der Waals surface area contributed by atoms with Crippen molar-refractivity contribution in [2.75, 3.05) is 26.2 Å². The monoisotopic (exact) mass is 357 g/mol. The number of nitrogens with zero attached hydrogens (tertiary/aromatic N) is 2. The minimum Gasteiger partial charge on any atom is -0.346 e. The van der Waals surface area contributed by atoms with Gasteiger partial charge in [0.1, 0.15) is 6.54 Å². The quantitative estimate of drug-likeness (QED) is 0.914. The van der Waals surface area contributed by atoms with Crippen LogP contribution in [0.25, 0.3) is 10.2 Å². The standard InChI is InChI=1S/C16H18F3N3OS/c17-16(18,19)10-20-14(23)9-22-7-5-11(6-8-22)15-21-12-3-1-2-4-13(12)24-15/h1-4,11H,5-10H2,(H,20,23). The van der Waals surface area contributed by atoms with Crippen LogP contribution in [0.1, 0.15) is 23.8 Å². The Kier molecular flexibility index (Phi) is 5.05. The summed E-state index contributed by atoms with van der Waals surface area (Å²) in [5, 5.41) is 3.02. The van der Waals surface area contributed by atoms with Crippen molar-refractivity contribution < 1.29 is 18.0 Å². The lowest BCUT2D eigenvalue weighted by atomic mass is 9.97. The fourth-order valence-corrected chi connectivity index (χ4v) is 4.00. The number of fused-ring (bicyclic) bond motifs is 1. The molecule has 1 aromatic heterocycles. The van der Waals surface area contributed by atoms with Crippen LogP contribution in [0.15, 0.2) is 24.3 Å². The number of aromatic nitrogens is 1. The molecule has 1 saturated heterocycles. The average Bonchev–Trinajstić information content (AvgIpc) is 2.97. The van der Waals surface area contributed by atoms with E-state index in [9.17, 15) is 18.0 Å². The Morgan fingerprint density at radius 3 is 2.67 bits per heavy atom. The second-order valence-corrected chi connectivity index (χ2v) is 7.02. The molecular weight excluding hydrogens is 339 g/mol. The van der Waals surface area contributed by atoms with Crippen molar-refractivity contribution in [1.29, 1.82) is 0 Å². The molecule has 2 aromatic rings. The van der Waals surface area contributed by atoms with Crippen LogP contribution < -0.4 is 5.32 Å². The van der Waals surface area contributed by atoms with Gasteiger partial charge in [0.2, 0.25) is 5.91 Å². The van der Waals surface area contributed by atoms with E-state index in [1.807, 2.05) is 28.4 Å². The number of carbonyl (C=O) groups excluding carboxylic acids is 1. The normalized spacial score (nSPS) is 17.3. The van der Waals surface area contributed by atoms with Gasteiger partial charge in [-0.2, -0.15) is 13.2 Å². The van der Waals surface area contributed by atoms with Gasteiger partial charge in [-0.05, 0) is 38.1 Å². The van der Waals surface area contributed by atoms with Gasteiger partial charge in [0.05, 0.1) is 21.8 Å². The highest BCUT2D eigenvalue weighted by molar-refractivity contribution is 7.18. The second kappa shape index (κ2) is 7.06. The summed E-state index contributed by atoms with van der Waals surface area (Å²) in [5.74, 6) is -0.220. The SMILES string of the molecule is O=C(CN1CCC(c2nc3ccccc3s2)CC1)NCC(F)(F)F. The maximum absolute atomic E-state index is 12.1. The van der Waals surface area contributed by atoms with E-state index < -0.39 is 18.6 Å². The van der Waals surface area contributed by atoms with E-state index in [0.717, 1.165) is 23.4 Å². The molecule has 0 aliphatic carbocycles. The molecular formula is C16H18F3N3OS. The summed E-state index contributed by atoms with van der Waals surface area (Å²) >= 11 is 1.70. The minimum atomic E-state index is -4.37. The number of thiazole rings is 1. The molecule has 0 spiro atoms. The number of hydrogen-bond acceptors (Lipinski definition) is 4. The van der Waals surface area contributed by atoms with Gasteiger partial charge >= 0.3 is 6.18 Å². The van der Waals surface area contributed by atoms with Crippen LogP contribution in [0, 0.1) is 0 Å². The number of benzene rings is 1. The first-order valence-electron chi connectivity index (χ1n) is 7.82. The van der Waals surface area contributed by atoms with Crippen molar-refractivity contribution in [3.8, 4) is 0 Å². The first-order chi connectivity index (χ1) is 11.4. The fourth-order valence-electron chi connectivity index (χ4n) is 2.86. The van der Waals surface area contributed by atoms with Crippen LogP contribution >= 0.6 is 11.3 Å². The number of likely N-dealkylation sites (tertiary alicyclic amines) is 1. The molecule has 130 valence electrons. The van der Waals surface area contributed by atoms with Gasteiger partial charge in [-0.15, -0.1) is 11.3 Å². The largest absolute Gasteiger partial charge is 0.405 e. The lowest BCUT2D eigenvalue weighted by Crippen LogP contribution is -2.43. The minimum absolute atomic E-state index is 0.0165. The van der Waals surface area contributed by atoms with Gasteiger partial charge in [0.15, 0.2) is 0 Å². The number of amides is 1. The van der Waals surface area contributed by atoms with Crippen LogP contribution in [0.5, 0.6) is 0 Å². The molecule has 0 atom stereocenters. The number of nitrogens with one attached hydrogen (secondary N) is 1. The van der Waals surface area contributed by atoms with Crippen molar-refractivity contribution in [2.24, 2.45) is 0 Å². The summed E-state index contributed by atoms with van der Waals surface area (Å²) in [6.07, 6.45) is -2.63. The second-order valence-electron chi connectivity index (χ2n) is 5.96. The maximum Gasteiger partial charge on any atom is 0.405 e. The summed E-state index contributed by atoms with van der Waals surface area (Å²) in [7, 11) is 0. The van der Waals surface area contributed by atoms with E-state index in [4.69, 9.17) is 0 Å². The predicted octanol–water partition coefficient (Wildman–Crippen LogP) is 3.15. The van der Waals surface area contributed by atoms with E-state index in [1.54, 1.807) is 11.3 Å². The number of carbonyl (C=O) groups is 1. The molecule has 0 saturated carbocycles. The predicted molar refractivity (Wildman–Crippen MR) is 87.1 cm³/mol. The third-order valence-corrected chi connectivity index (χ3v) is 5.30. The molecule has 0 radical (unpaired) electrons. The first-order valence-corrected chi connectivity index (χ1v) is 8.63. The van der Waals surface area contributed by atoms with Gasteiger partial charge in [-0.25, -0.2) is 4.98 Å². The Labute approximate surface area is 141 Å². The summed E-state index contributed by atoms with van der Waals surface area (Å²) in [6, 6.07) is 8.01. The number of hydrogen-bond donors (Lipinski definition) is 1. The molecule has 8 heteroatoms. The lowest BCUT2D eigenvalue weighted by molar-refractivity contribution is -0.139. The summed E-state index contributed by atoms with van der Waals surface area (Å²) in [4.78, 5) is 18.1. The maximum atomic E-state index is 12.1. The Hall–Kier alpha value is -1.67. The summed E-state index contributed by atoms with van der Waals surface area (Å²) < 4.78 is 37.4. The molecule has 2 heterocycles. The van der Waals surface area contributed by atoms with E-state index in [0.29, 0.717) is 19.0 Å². The van der Waals surface area contributed by atoms with Crippen molar-refractivity contribution in [1.82, 2.24) is 15.2 Å². The first kappa shape index (κ1) is 17.2. The van der Waals surface area contributed by atoms with E-state index in [1.165, 1.54) is 4.70 Å².